The molecular weight excluding hydrogens is 532 g/mol. The van der Waals surface area contributed by atoms with E-state index in [0.29, 0.717) is 56.5 Å². The average molecular weight is 569 g/mol. The summed E-state index contributed by atoms with van der Waals surface area (Å²) in [6.45, 7) is 8.70. The monoisotopic (exact) mass is 568 g/mol. The van der Waals surface area contributed by atoms with Gasteiger partial charge in [-0.15, -0.1) is 0 Å². The smallest absolute Gasteiger partial charge is 0.295 e. The van der Waals surface area contributed by atoms with Crippen molar-refractivity contribution in [1.82, 2.24) is 9.80 Å². The van der Waals surface area contributed by atoms with E-state index in [1.807, 2.05) is 42.5 Å². The Morgan fingerprint density at radius 1 is 0.905 bits per heavy atom. The molecule has 8 heteroatoms. The van der Waals surface area contributed by atoms with Crippen LogP contribution in [0.5, 0.6) is 11.5 Å². The van der Waals surface area contributed by atoms with Crippen LogP contribution in [-0.2, 0) is 20.9 Å². The number of carbonyl (C=O) groups is 2. The van der Waals surface area contributed by atoms with Crippen LogP contribution in [0.1, 0.15) is 29.2 Å². The van der Waals surface area contributed by atoms with Gasteiger partial charge in [-0.05, 0) is 53.9 Å². The average Bonchev–Trinajstić information content (AvgIpc) is 3.29. The molecule has 5 rings (SSSR count). The Morgan fingerprint density at radius 2 is 1.57 bits per heavy atom. The number of morpholine rings is 1. The van der Waals surface area contributed by atoms with Gasteiger partial charge in [0.25, 0.3) is 11.7 Å². The summed E-state index contributed by atoms with van der Waals surface area (Å²) in [4.78, 5) is 30.6. The number of likely N-dealkylation sites (tertiary alicyclic amines) is 1. The van der Waals surface area contributed by atoms with E-state index in [0.717, 1.165) is 30.8 Å². The van der Waals surface area contributed by atoms with Crippen molar-refractivity contribution in [2.24, 2.45) is 0 Å². The molecule has 1 atom stereocenters. The Bertz CT molecular complexity index is 1400. The van der Waals surface area contributed by atoms with Crippen LogP contribution in [0.15, 0.2) is 97.1 Å². The lowest BCUT2D eigenvalue weighted by molar-refractivity contribution is -0.140. The molecule has 2 aliphatic heterocycles. The Morgan fingerprint density at radius 3 is 2.26 bits per heavy atom. The van der Waals surface area contributed by atoms with Gasteiger partial charge in [0.1, 0.15) is 30.5 Å². The number of benzene rings is 3. The molecule has 1 unspecified atom stereocenters. The van der Waals surface area contributed by atoms with Crippen LogP contribution >= 0.6 is 0 Å². The number of hydrogen-bond acceptors (Lipinski definition) is 7. The van der Waals surface area contributed by atoms with Crippen molar-refractivity contribution >= 4 is 17.4 Å². The van der Waals surface area contributed by atoms with Crippen molar-refractivity contribution in [3.63, 3.8) is 0 Å². The highest BCUT2D eigenvalue weighted by atomic mass is 16.5. The molecule has 2 heterocycles. The van der Waals surface area contributed by atoms with Crippen LogP contribution in [0.2, 0.25) is 0 Å². The molecular formula is C34H36N2O6. The van der Waals surface area contributed by atoms with Crippen molar-refractivity contribution < 1.29 is 28.9 Å². The maximum atomic E-state index is 13.4. The molecule has 0 aliphatic carbocycles. The minimum Gasteiger partial charge on any atom is -0.507 e. The standard InChI is InChI=1S/C34H36N2O6/c1-2-21-41-28-13-9-26(10-14-28)31-30(33(38)34(39)36(31)18-6-17-35-19-22-40-23-20-35)32(37)27-11-15-29(16-12-27)42-24-25-7-4-3-5-8-25/h2-5,7-16,31,37H,1,6,17-24H2/b32-30+. The Balaban J connectivity index is 1.39. The van der Waals surface area contributed by atoms with Crippen molar-refractivity contribution in [3.05, 3.63) is 114 Å². The quantitative estimate of drug-likeness (QED) is 0.143. The summed E-state index contributed by atoms with van der Waals surface area (Å²) in [6, 6.07) is 23.3. The lowest BCUT2D eigenvalue weighted by Crippen LogP contribution is -2.38. The van der Waals surface area contributed by atoms with E-state index >= 15 is 0 Å². The summed E-state index contributed by atoms with van der Waals surface area (Å²) in [6.07, 6.45) is 2.35. The fourth-order valence-electron chi connectivity index (χ4n) is 5.25. The molecule has 0 radical (unpaired) electrons. The Hall–Kier alpha value is -4.40. The van der Waals surface area contributed by atoms with E-state index < -0.39 is 17.7 Å². The maximum Gasteiger partial charge on any atom is 0.295 e. The fraction of sp³-hybridized carbons (Fsp3) is 0.294. The van der Waals surface area contributed by atoms with Gasteiger partial charge < -0.3 is 24.2 Å². The summed E-state index contributed by atoms with van der Waals surface area (Å²) in [5, 5.41) is 11.4. The molecule has 218 valence electrons. The third-order valence-electron chi connectivity index (χ3n) is 7.46. The zero-order chi connectivity index (χ0) is 29.3. The van der Waals surface area contributed by atoms with Gasteiger partial charge in [-0.1, -0.05) is 55.1 Å². The molecule has 2 fully saturated rings. The third-order valence-corrected chi connectivity index (χ3v) is 7.46. The van der Waals surface area contributed by atoms with Gasteiger partial charge >= 0.3 is 0 Å². The molecule has 0 bridgehead atoms. The molecule has 0 spiro atoms. The van der Waals surface area contributed by atoms with Gasteiger partial charge in [-0.3, -0.25) is 14.5 Å². The second kappa shape index (κ2) is 14.0. The summed E-state index contributed by atoms with van der Waals surface area (Å²) >= 11 is 0. The first kappa shape index (κ1) is 29.1. The van der Waals surface area contributed by atoms with Crippen molar-refractivity contribution in [2.75, 3.05) is 46.0 Å². The van der Waals surface area contributed by atoms with Crippen LogP contribution in [0.3, 0.4) is 0 Å². The fourth-order valence-corrected chi connectivity index (χ4v) is 5.25. The highest BCUT2D eigenvalue weighted by Gasteiger charge is 2.45. The van der Waals surface area contributed by atoms with E-state index in [4.69, 9.17) is 14.2 Å². The molecule has 3 aromatic carbocycles. The summed E-state index contributed by atoms with van der Waals surface area (Å²) in [5.41, 5.74) is 2.27. The van der Waals surface area contributed by atoms with Gasteiger partial charge in [0.15, 0.2) is 0 Å². The summed E-state index contributed by atoms with van der Waals surface area (Å²) < 4.78 is 16.9. The largest absolute Gasteiger partial charge is 0.507 e. The number of amides is 1. The second-order valence-corrected chi connectivity index (χ2v) is 10.3. The predicted octanol–water partition coefficient (Wildman–Crippen LogP) is 4.97. The number of nitrogens with zero attached hydrogens (tertiary/aromatic N) is 2. The van der Waals surface area contributed by atoms with E-state index in [-0.39, 0.29) is 11.3 Å². The van der Waals surface area contributed by atoms with Gasteiger partial charge in [0.05, 0.1) is 24.8 Å². The normalized spacial score (nSPS) is 18.7. The van der Waals surface area contributed by atoms with E-state index in [1.165, 1.54) is 0 Å². The maximum absolute atomic E-state index is 13.4. The summed E-state index contributed by atoms with van der Waals surface area (Å²) in [5.74, 6) is -0.242. The number of ketones is 1. The van der Waals surface area contributed by atoms with Crippen molar-refractivity contribution in [3.8, 4) is 11.5 Å². The zero-order valence-electron chi connectivity index (χ0n) is 23.6. The molecule has 1 N–H and O–H groups in total. The van der Waals surface area contributed by atoms with Gasteiger partial charge in [-0.25, -0.2) is 0 Å². The molecule has 2 saturated heterocycles. The molecule has 0 saturated carbocycles. The van der Waals surface area contributed by atoms with Gasteiger partial charge in [0, 0.05) is 31.7 Å². The lowest BCUT2D eigenvalue weighted by atomic mass is 9.95. The molecule has 3 aromatic rings. The SMILES string of the molecule is C=CCOc1ccc(C2/C(=C(\O)c3ccc(OCc4ccccc4)cc3)C(=O)C(=O)N2CCCN2CCOCC2)cc1. The first-order valence-corrected chi connectivity index (χ1v) is 14.2. The van der Waals surface area contributed by atoms with Gasteiger partial charge in [0.2, 0.25) is 0 Å². The second-order valence-electron chi connectivity index (χ2n) is 10.3. The van der Waals surface area contributed by atoms with Crippen molar-refractivity contribution in [2.45, 2.75) is 19.1 Å². The Kier molecular flexibility index (Phi) is 9.69. The van der Waals surface area contributed by atoms with E-state index in [2.05, 4.69) is 11.5 Å². The lowest BCUT2D eigenvalue weighted by Gasteiger charge is -2.29. The number of aliphatic hydroxyl groups excluding tert-OH is 1. The highest BCUT2D eigenvalue weighted by Crippen LogP contribution is 2.40. The first-order valence-electron chi connectivity index (χ1n) is 14.2. The molecule has 2 aliphatic rings. The summed E-state index contributed by atoms with van der Waals surface area (Å²) in [7, 11) is 0. The van der Waals surface area contributed by atoms with Crippen LogP contribution in [0.4, 0.5) is 0 Å². The predicted molar refractivity (Wildman–Crippen MR) is 160 cm³/mol. The Labute approximate surface area is 246 Å². The number of aliphatic hydroxyl groups is 1. The number of rotatable bonds is 12. The highest BCUT2D eigenvalue weighted by molar-refractivity contribution is 6.46. The first-order chi connectivity index (χ1) is 20.5. The number of Topliss-reactive ketones (excluding diaryl/α,β-unsaturated/α-hetero) is 1. The van der Waals surface area contributed by atoms with Crippen LogP contribution in [0, 0.1) is 0 Å². The molecule has 42 heavy (non-hydrogen) atoms. The van der Waals surface area contributed by atoms with E-state index in [9.17, 15) is 14.7 Å². The molecule has 0 aromatic heterocycles. The van der Waals surface area contributed by atoms with Crippen LogP contribution in [0.25, 0.3) is 5.76 Å². The van der Waals surface area contributed by atoms with E-state index in [1.54, 1.807) is 47.4 Å². The number of carbonyl (C=O) groups excluding carboxylic acids is 2. The van der Waals surface area contributed by atoms with Crippen LogP contribution in [-0.4, -0.2) is 72.6 Å². The third kappa shape index (κ3) is 6.90. The minimum atomic E-state index is -0.725. The minimum absolute atomic E-state index is 0.0732. The zero-order valence-corrected chi connectivity index (χ0v) is 23.6. The molecule has 1 amide bonds. The number of hydrogen-bond donors (Lipinski definition) is 1. The molecule has 8 nitrogen and oxygen atoms in total. The van der Waals surface area contributed by atoms with Crippen molar-refractivity contribution in [1.29, 1.82) is 0 Å². The topological polar surface area (TPSA) is 88.5 Å². The van der Waals surface area contributed by atoms with Crippen LogP contribution < -0.4 is 9.47 Å². The number of ether oxygens (including phenoxy) is 3. The van der Waals surface area contributed by atoms with Gasteiger partial charge in [-0.2, -0.15) is 0 Å².